The van der Waals surface area contributed by atoms with Gasteiger partial charge >= 0.3 is 0 Å². The van der Waals surface area contributed by atoms with E-state index in [1.807, 2.05) is 54.3 Å². The Balaban J connectivity index is 1.16. The number of aryl methyl sites for hydroxylation is 2. The van der Waals surface area contributed by atoms with Crippen LogP contribution in [0.25, 0.3) is 0 Å². The minimum Gasteiger partial charge on any atom is -0.494 e. The van der Waals surface area contributed by atoms with E-state index in [-0.39, 0.29) is 6.61 Å². The van der Waals surface area contributed by atoms with Crippen molar-refractivity contribution in [1.29, 1.82) is 0 Å². The van der Waals surface area contributed by atoms with Crippen LogP contribution in [0.1, 0.15) is 30.4 Å². The topological polar surface area (TPSA) is 59.8 Å². The highest BCUT2D eigenvalue weighted by Crippen LogP contribution is 2.26. The van der Waals surface area contributed by atoms with Crippen LogP contribution in [-0.4, -0.2) is 51.7 Å². The van der Waals surface area contributed by atoms with E-state index in [0.29, 0.717) is 30.2 Å². The van der Waals surface area contributed by atoms with Gasteiger partial charge in [-0.25, -0.2) is 0 Å². The van der Waals surface area contributed by atoms with Crippen molar-refractivity contribution in [2.75, 3.05) is 26.3 Å². The number of hydrogen-bond donors (Lipinski definition) is 1. The van der Waals surface area contributed by atoms with Crippen LogP contribution >= 0.6 is 11.6 Å². The molecule has 2 heterocycles. The van der Waals surface area contributed by atoms with Gasteiger partial charge in [-0.1, -0.05) is 29.8 Å². The van der Waals surface area contributed by atoms with Gasteiger partial charge in [0.25, 0.3) is 0 Å². The van der Waals surface area contributed by atoms with Crippen LogP contribution in [0.2, 0.25) is 5.02 Å². The van der Waals surface area contributed by atoms with Crippen molar-refractivity contribution in [3.8, 4) is 11.5 Å². The fourth-order valence-corrected chi connectivity index (χ4v) is 4.18. The van der Waals surface area contributed by atoms with Gasteiger partial charge in [0.05, 0.1) is 12.8 Å². The van der Waals surface area contributed by atoms with Gasteiger partial charge in [-0.05, 0) is 61.2 Å². The standard InChI is InChI=1S/C26H32ClN3O3/c1-21-17-28-30(18-21)12-3-15-32-24-8-6-22(7-9-24)19-29-13-10-26(31,11-14-29)20-33-25-5-2-4-23(27)16-25/h2,4-9,16-18,31H,3,10-15,19-20H2,1H3. The highest BCUT2D eigenvalue weighted by molar-refractivity contribution is 6.30. The number of likely N-dealkylation sites (tertiary alicyclic amines) is 1. The largest absolute Gasteiger partial charge is 0.494 e. The SMILES string of the molecule is Cc1cnn(CCCOc2ccc(CN3CCC(O)(COc4cccc(Cl)c4)CC3)cc2)c1. The molecule has 1 aromatic heterocycles. The van der Waals surface area contributed by atoms with Gasteiger partial charge in [0.2, 0.25) is 0 Å². The number of hydrogen-bond acceptors (Lipinski definition) is 5. The lowest BCUT2D eigenvalue weighted by molar-refractivity contribution is -0.0537. The summed E-state index contributed by atoms with van der Waals surface area (Å²) in [5, 5.41) is 15.8. The molecular weight excluding hydrogens is 438 g/mol. The molecule has 0 aliphatic carbocycles. The van der Waals surface area contributed by atoms with E-state index < -0.39 is 5.60 Å². The summed E-state index contributed by atoms with van der Waals surface area (Å²) in [6, 6.07) is 15.6. The quantitative estimate of drug-likeness (QED) is 0.435. The minimum absolute atomic E-state index is 0.285. The molecule has 0 radical (unpaired) electrons. The van der Waals surface area contributed by atoms with Crippen LogP contribution in [0.5, 0.6) is 11.5 Å². The molecule has 1 fully saturated rings. The molecule has 0 bridgehead atoms. The van der Waals surface area contributed by atoms with Crippen molar-refractivity contribution in [2.24, 2.45) is 0 Å². The molecule has 1 aliphatic heterocycles. The Labute approximate surface area is 200 Å². The average Bonchev–Trinajstić information content (AvgIpc) is 3.23. The van der Waals surface area contributed by atoms with E-state index in [9.17, 15) is 5.11 Å². The Hall–Kier alpha value is -2.54. The van der Waals surface area contributed by atoms with Crippen LogP contribution in [0, 0.1) is 6.92 Å². The van der Waals surface area contributed by atoms with E-state index in [0.717, 1.165) is 38.3 Å². The molecule has 0 unspecified atom stereocenters. The smallest absolute Gasteiger partial charge is 0.120 e. The lowest BCUT2D eigenvalue weighted by atomic mass is 9.92. The van der Waals surface area contributed by atoms with Gasteiger partial charge in [0.15, 0.2) is 0 Å². The molecule has 6 nitrogen and oxygen atoms in total. The van der Waals surface area contributed by atoms with Crippen molar-refractivity contribution < 1.29 is 14.6 Å². The first-order valence-electron chi connectivity index (χ1n) is 11.5. The summed E-state index contributed by atoms with van der Waals surface area (Å²) < 4.78 is 13.6. The maximum absolute atomic E-state index is 10.9. The van der Waals surface area contributed by atoms with Gasteiger partial charge in [-0.3, -0.25) is 9.58 Å². The summed E-state index contributed by atoms with van der Waals surface area (Å²) in [6.07, 6.45) is 6.20. The second-order valence-corrected chi connectivity index (χ2v) is 9.31. The molecule has 3 aromatic rings. The molecular formula is C26H32ClN3O3. The van der Waals surface area contributed by atoms with Crippen molar-refractivity contribution in [1.82, 2.24) is 14.7 Å². The third-order valence-corrected chi connectivity index (χ3v) is 6.22. The summed E-state index contributed by atoms with van der Waals surface area (Å²) in [5.41, 5.74) is 1.62. The van der Waals surface area contributed by atoms with E-state index in [1.165, 1.54) is 11.1 Å². The molecule has 1 saturated heterocycles. The number of aromatic nitrogens is 2. The van der Waals surface area contributed by atoms with E-state index >= 15 is 0 Å². The average molecular weight is 470 g/mol. The Bertz CT molecular complexity index is 1010. The predicted molar refractivity (Wildman–Crippen MR) is 130 cm³/mol. The molecule has 176 valence electrons. The summed E-state index contributed by atoms with van der Waals surface area (Å²) >= 11 is 6.00. The molecule has 7 heteroatoms. The number of benzene rings is 2. The predicted octanol–water partition coefficient (Wildman–Crippen LogP) is 4.72. The van der Waals surface area contributed by atoms with Crippen molar-refractivity contribution in [3.63, 3.8) is 0 Å². The summed E-state index contributed by atoms with van der Waals surface area (Å²) in [6.45, 7) is 6.39. The second kappa shape index (κ2) is 11.1. The Kier molecular flexibility index (Phi) is 7.91. The number of aliphatic hydroxyl groups is 1. The molecule has 0 atom stereocenters. The third-order valence-electron chi connectivity index (χ3n) is 5.98. The number of ether oxygens (including phenoxy) is 2. The molecule has 1 N–H and O–H groups in total. The van der Waals surface area contributed by atoms with Gasteiger partial charge < -0.3 is 14.6 Å². The Morgan fingerprint density at radius 3 is 2.55 bits per heavy atom. The lowest BCUT2D eigenvalue weighted by Crippen LogP contribution is -2.47. The fraction of sp³-hybridized carbons (Fsp3) is 0.423. The van der Waals surface area contributed by atoms with Crippen molar-refractivity contribution in [3.05, 3.63) is 77.1 Å². The third kappa shape index (κ3) is 7.22. The van der Waals surface area contributed by atoms with E-state index in [1.54, 1.807) is 6.07 Å². The van der Waals surface area contributed by atoms with Gasteiger partial charge in [-0.2, -0.15) is 5.10 Å². The van der Waals surface area contributed by atoms with Crippen LogP contribution in [0.4, 0.5) is 0 Å². The van der Waals surface area contributed by atoms with Crippen LogP contribution in [0.3, 0.4) is 0 Å². The van der Waals surface area contributed by atoms with E-state index in [2.05, 4.69) is 22.1 Å². The zero-order valence-electron chi connectivity index (χ0n) is 19.1. The lowest BCUT2D eigenvalue weighted by Gasteiger charge is -2.38. The minimum atomic E-state index is -0.800. The fourth-order valence-electron chi connectivity index (χ4n) is 4.00. The van der Waals surface area contributed by atoms with Crippen molar-refractivity contribution in [2.45, 2.75) is 44.9 Å². The summed E-state index contributed by atoms with van der Waals surface area (Å²) in [5.74, 6) is 1.58. The monoisotopic (exact) mass is 469 g/mol. The van der Waals surface area contributed by atoms with Crippen LogP contribution in [0.15, 0.2) is 60.9 Å². The van der Waals surface area contributed by atoms with Crippen LogP contribution in [-0.2, 0) is 13.1 Å². The number of rotatable bonds is 10. The number of nitrogens with zero attached hydrogens (tertiary/aromatic N) is 3. The highest BCUT2D eigenvalue weighted by Gasteiger charge is 2.33. The summed E-state index contributed by atoms with van der Waals surface area (Å²) in [7, 11) is 0. The molecule has 0 amide bonds. The summed E-state index contributed by atoms with van der Waals surface area (Å²) in [4.78, 5) is 2.37. The number of halogens is 1. The van der Waals surface area contributed by atoms with Crippen molar-refractivity contribution >= 4 is 11.6 Å². The molecule has 4 rings (SSSR count). The first-order chi connectivity index (χ1) is 16.0. The zero-order valence-corrected chi connectivity index (χ0v) is 19.9. The molecule has 33 heavy (non-hydrogen) atoms. The van der Waals surface area contributed by atoms with Gasteiger partial charge in [0.1, 0.15) is 23.7 Å². The maximum atomic E-state index is 10.9. The molecule has 1 aliphatic rings. The highest BCUT2D eigenvalue weighted by atomic mass is 35.5. The Morgan fingerprint density at radius 1 is 1.06 bits per heavy atom. The first kappa shape index (κ1) is 23.6. The van der Waals surface area contributed by atoms with Crippen LogP contribution < -0.4 is 9.47 Å². The zero-order chi connectivity index (χ0) is 23.1. The van der Waals surface area contributed by atoms with E-state index in [4.69, 9.17) is 21.1 Å². The Morgan fingerprint density at radius 2 is 1.85 bits per heavy atom. The first-order valence-corrected chi connectivity index (χ1v) is 11.9. The molecule has 0 saturated carbocycles. The van der Waals surface area contributed by atoms with Gasteiger partial charge in [0, 0.05) is 43.8 Å². The maximum Gasteiger partial charge on any atom is 0.120 e. The number of piperidine rings is 1. The molecule has 2 aromatic carbocycles. The second-order valence-electron chi connectivity index (χ2n) is 8.87. The normalized spacial score (nSPS) is 16.0. The molecule has 0 spiro atoms. The van der Waals surface area contributed by atoms with Gasteiger partial charge in [-0.15, -0.1) is 0 Å².